The second-order valence-electron chi connectivity index (χ2n) is 7.25. The average Bonchev–Trinajstić information content (AvgIpc) is 2.61. The number of aliphatic carboxylic acids is 1. The summed E-state index contributed by atoms with van der Waals surface area (Å²) in [4.78, 5) is 14.1. The van der Waals surface area contributed by atoms with Crippen molar-refractivity contribution in [2.45, 2.75) is 50.5 Å². The maximum absolute atomic E-state index is 11.8. The number of hydrogen-bond acceptors (Lipinski definition) is 5. The van der Waals surface area contributed by atoms with E-state index in [2.05, 4.69) is 4.90 Å². The third-order valence-electron chi connectivity index (χ3n) is 5.34. The van der Waals surface area contributed by atoms with Crippen molar-refractivity contribution in [3.05, 3.63) is 34.9 Å². The molecule has 1 aromatic carbocycles. The number of carboxylic acids is 1. The Hall–Kier alpha value is -1.12. The number of carboxylic acid groups (broad SMARTS) is 1. The summed E-state index contributed by atoms with van der Waals surface area (Å²) in [6.07, 6.45) is 3.23. The van der Waals surface area contributed by atoms with E-state index in [9.17, 15) is 9.90 Å². The first-order chi connectivity index (χ1) is 12.3. The molecule has 0 saturated carbocycles. The van der Waals surface area contributed by atoms with E-state index >= 15 is 0 Å². The predicted octanol–water partition coefficient (Wildman–Crippen LogP) is 1.98. The Kier molecular flexibility index (Phi) is 7.92. The quantitative estimate of drug-likeness (QED) is 0.384. The molecule has 1 aliphatic heterocycles. The van der Waals surface area contributed by atoms with Gasteiger partial charge in [-0.1, -0.05) is 36.6 Å². The van der Waals surface area contributed by atoms with E-state index in [1.54, 1.807) is 0 Å². The summed E-state index contributed by atoms with van der Waals surface area (Å²) >= 11 is 5.91. The third-order valence-corrected chi connectivity index (χ3v) is 5.59. The van der Waals surface area contributed by atoms with E-state index in [1.165, 1.54) is 5.56 Å². The fraction of sp³-hybridized carbons (Fsp3) is 0.611. The maximum Gasteiger partial charge on any atom is 0.451 e. The molecule has 0 aliphatic carbocycles. The molecule has 1 aliphatic rings. The molecule has 144 valence electrons. The van der Waals surface area contributed by atoms with E-state index in [4.69, 9.17) is 27.4 Å². The number of nitrogens with zero attached hydrogens (tertiary/aromatic N) is 1. The van der Waals surface area contributed by atoms with E-state index < -0.39 is 18.6 Å². The summed E-state index contributed by atoms with van der Waals surface area (Å²) in [5.41, 5.74) is 6.23. The summed E-state index contributed by atoms with van der Waals surface area (Å²) in [7, 11) is -1.34. The molecule has 1 fully saturated rings. The highest BCUT2D eigenvalue weighted by Gasteiger charge is 2.42. The summed E-state index contributed by atoms with van der Waals surface area (Å²) in [5, 5.41) is 28.2. The number of likely N-dealkylation sites (tertiary alicyclic amines) is 1. The van der Waals surface area contributed by atoms with E-state index in [-0.39, 0.29) is 12.2 Å². The van der Waals surface area contributed by atoms with Crippen LogP contribution in [0.5, 0.6) is 0 Å². The molecule has 1 atom stereocenters. The van der Waals surface area contributed by atoms with Gasteiger partial charge in [-0.25, -0.2) is 0 Å². The van der Waals surface area contributed by atoms with Crippen molar-refractivity contribution in [2.75, 3.05) is 13.1 Å². The summed E-state index contributed by atoms with van der Waals surface area (Å²) in [6, 6.07) is 7.77. The van der Waals surface area contributed by atoms with Crippen molar-refractivity contribution in [2.24, 2.45) is 11.7 Å². The molecule has 0 amide bonds. The molecular weight excluding hydrogens is 354 g/mol. The average molecular weight is 383 g/mol. The lowest BCUT2D eigenvalue weighted by molar-refractivity contribution is -0.147. The van der Waals surface area contributed by atoms with Crippen LogP contribution in [0, 0.1) is 5.92 Å². The zero-order valence-corrected chi connectivity index (χ0v) is 15.7. The van der Waals surface area contributed by atoms with Crippen molar-refractivity contribution in [3.63, 3.8) is 0 Å². The van der Waals surface area contributed by atoms with Crippen molar-refractivity contribution in [3.8, 4) is 0 Å². The molecule has 0 aromatic heterocycles. The lowest BCUT2D eigenvalue weighted by atomic mass is 9.74. The van der Waals surface area contributed by atoms with Crippen molar-refractivity contribution in [1.82, 2.24) is 4.90 Å². The minimum atomic E-state index is -1.34. The van der Waals surface area contributed by atoms with Gasteiger partial charge in [0.1, 0.15) is 5.54 Å². The van der Waals surface area contributed by atoms with Crippen molar-refractivity contribution >= 4 is 24.7 Å². The van der Waals surface area contributed by atoms with Gasteiger partial charge in [0.15, 0.2) is 0 Å². The summed E-state index contributed by atoms with van der Waals surface area (Å²) < 4.78 is 0. The van der Waals surface area contributed by atoms with Crippen molar-refractivity contribution in [1.29, 1.82) is 0 Å². The highest BCUT2D eigenvalue weighted by atomic mass is 35.5. The number of halogens is 1. The van der Waals surface area contributed by atoms with Crippen LogP contribution in [0.4, 0.5) is 0 Å². The molecule has 1 unspecified atom stereocenters. The number of nitrogens with two attached hydrogens (primary N) is 1. The lowest BCUT2D eigenvalue weighted by Crippen LogP contribution is -2.56. The molecule has 0 radical (unpaired) electrons. The number of piperidine rings is 1. The number of carbonyl (C=O) groups is 1. The minimum Gasteiger partial charge on any atom is -0.480 e. The van der Waals surface area contributed by atoms with Crippen LogP contribution in [0.2, 0.25) is 11.3 Å². The fourth-order valence-corrected chi connectivity index (χ4v) is 3.81. The van der Waals surface area contributed by atoms with Crippen LogP contribution >= 0.6 is 11.6 Å². The predicted molar refractivity (Wildman–Crippen MR) is 103 cm³/mol. The van der Waals surface area contributed by atoms with Gasteiger partial charge in [0.2, 0.25) is 0 Å². The van der Waals surface area contributed by atoms with Gasteiger partial charge in [0.25, 0.3) is 0 Å². The van der Waals surface area contributed by atoms with Crippen LogP contribution < -0.4 is 5.73 Å². The molecule has 8 heteroatoms. The Balaban J connectivity index is 1.86. The van der Waals surface area contributed by atoms with Gasteiger partial charge in [-0.3, -0.25) is 9.69 Å². The molecule has 1 heterocycles. The van der Waals surface area contributed by atoms with Gasteiger partial charge in [-0.15, -0.1) is 0 Å². The van der Waals surface area contributed by atoms with E-state index in [1.807, 2.05) is 24.3 Å². The molecular formula is C18H28BClN2O4. The monoisotopic (exact) mass is 382 g/mol. The van der Waals surface area contributed by atoms with Gasteiger partial charge in [-0.05, 0) is 62.3 Å². The Bertz CT molecular complexity index is 579. The van der Waals surface area contributed by atoms with Crippen LogP contribution in [0.15, 0.2) is 24.3 Å². The number of benzene rings is 1. The number of hydrogen-bond donors (Lipinski definition) is 4. The summed E-state index contributed by atoms with van der Waals surface area (Å²) in [6.45, 7) is 2.45. The first-order valence-electron chi connectivity index (χ1n) is 9.16. The van der Waals surface area contributed by atoms with E-state index in [0.29, 0.717) is 19.3 Å². The van der Waals surface area contributed by atoms with Crippen LogP contribution in [-0.2, 0) is 11.3 Å². The Labute approximate surface area is 160 Å². The Morgan fingerprint density at radius 2 is 1.85 bits per heavy atom. The SMILES string of the molecule is NC(CCCCB(O)O)(C(=O)O)C1CCN(Cc2ccc(Cl)cc2)CC1. The highest BCUT2D eigenvalue weighted by molar-refractivity contribution is 6.40. The zero-order chi connectivity index (χ0) is 19.2. The molecule has 6 nitrogen and oxygen atoms in total. The minimum absolute atomic E-state index is 0.0690. The van der Waals surface area contributed by atoms with Crippen LogP contribution in [-0.4, -0.2) is 51.8 Å². The normalized spacial score (nSPS) is 18.5. The topological polar surface area (TPSA) is 107 Å². The fourth-order valence-electron chi connectivity index (χ4n) is 3.68. The zero-order valence-electron chi connectivity index (χ0n) is 15.0. The highest BCUT2D eigenvalue weighted by Crippen LogP contribution is 2.32. The molecule has 5 N–H and O–H groups in total. The van der Waals surface area contributed by atoms with Crippen molar-refractivity contribution < 1.29 is 19.9 Å². The lowest BCUT2D eigenvalue weighted by Gasteiger charge is -2.40. The molecule has 1 saturated heterocycles. The van der Waals surface area contributed by atoms with Crippen LogP contribution in [0.3, 0.4) is 0 Å². The second-order valence-corrected chi connectivity index (χ2v) is 7.69. The largest absolute Gasteiger partial charge is 0.480 e. The maximum atomic E-state index is 11.8. The van der Waals surface area contributed by atoms with Gasteiger partial charge in [0.05, 0.1) is 0 Å². The number of unbranched alkanes of at least 4 members (excludes halogenated alkanes) is 1. The van der Waals surface area contributed by atoms with Crippen LogP contribution in [0.25, 0.3) is 0 Å². The van der Waals surface area contributed by atoms with Crippen LogP contribution in [0.1, 0.15) is 37.7 Å². The molecule has 0 bridgehead atoms. The first-order valence-corrected chi connectivity index (χ1v) is 9.54. The molecule has 1 aromatic rings. The number of rotatable bonds is 9. The second kappa shape index (κ2) is 9.71. The molecule has 2 rings (SSSR count). The first kappa shape index (κ1) is 21.2. The van der Waals surface area contributed by atoms with Gasteiger partial charge < -0.3 is 20.9 Å². The Morgan fingerprint density at radius 1 is 1.23 bits per heavy atom. The summed E-state index contributed by atoms with van der Waals surface area (Å²) in [5.74, 6) is -1.03. The molecule has 26 heavy (non-hydrogen) atoms. The third kappa shape index (κ3) is 5.96. The molecule has 0 spiro atoms. The van der Waals surface area contributed by atoms with Gasteiger partial charge in [-0.2, -0.15) is 0 Å². The smallest absolute Gasteiger partial charge is 0.451 e. The van der Waals surface area contributed by atoms with Gasteiger partial charge in [0, 0.05) is 11.6 Å². The van der Waals surface area contributed by atoms with Gasteiger partial charge >= 0.3 is 13.1 Å². The Morgan fingerprint density at radius 3 is 2.38 bits per heavy atom. The van der Waals surface area contributed by atoms with E-state index in [0.717, 1.165) is 37.5 Å². The standard InChI is InChI=1S/C18H28BClN2O4/c20-16-5-3-14(4-6-16)13-22-11-7-15(8-12-22)18(21,17(23)24)9-1-2-10-19(25)26/h3-6,15,25-26H,1-2,7-13,21H2,(H,23,24).